The first-order valence-corrected chi connectivity index (χ1v) is 8.66. The van der Waals surface area contributed by atoms with E-state index in [0.717, 1.165) is 17.5 Å². The first-order chi connectivity index (χ1) is 12.6. The summed E-state index contributed by atoms with van der Waals surface area (Å²) in [5, 5.41) is 4.03. The second-order valence-electron chi connectivity index (χ2n) is 6.63. The molecule has 1 aliphatic carbocycles. The quantitative estimate of drug-likeness (QED) is 0.294. The molecule has 128 valence electrons. The van der Waals surface area contributed by atoms with Gasteiger partial charge in [0, 0.05) is 0 Å². The minimum Gasteiger partial charge on any atom is -0.313 e. The Morgan fingerprint density at radius 1 is 0.885 bits per heavy atom. The molecule has 3 nitrogen and oxygen atoms in total. The zero-order valence-electron chi connectivity index (χ0n) is 14.8. The van der Waals surface area contributed by atoms with E-state index >= 15 is 0 Å². The summed E-state index contributed by atoms with van der Waals surface area (Å²) in [6.07, 6.45) is 0.926. The highest BCUT2D eigenvalue weighted by Gasteiger charge is 2.18. The Labute approximate surface area is 152 Å². The predicted octanol–water partition coefficient (Wildman–Crippen LogP) is 5.15. The van der Waals surface area contributed by atoms with Gasteiger partial charge in [0.2, 0.25) is 0 Å². The maximum Gasteiger partial charge on any atom is 0.365 e. The van der Waals surface area contributed by atoms with Crippen LogP contribution in [0.3, 0.4) is 0 Å². The van der Waals surface area contributed by atoms with Crippen molar-refractivity contribution in [3.8, 4) is 11.1 Å². The van der Waals surface area contributed by atoms with E-state index in [1.807, 2.05) is 32.0 Å². The Hall–Kier alpha value is -3.20. The minimum absolute atomic E-state index is 0.446. The van der Waals surface area contributed by atoms with Crippen molar-refractivity contribution in [2.24, 2.45) is 5.16 Å². The predicted molar refractivity (Wildman–Crippen MR) is 103 cm³/mol. The van der Waals surface area contributed by atoms with Crippen molar-refractivity contribution < 1.29 is 9.63 Å². The summed E-state index contributed by atoms with van der Waals surface area (Å²) >= 11 is 0. The summed E-state index contributed by atoms with van der Waals surface area (Å²) in [7, 11) is 0. The molecule has 3 heteroatoms. The fourth-order valence-electron chi connectivity index (χ4n) is 3.28. The molecule has 0 aromatic heterocycles. The average molecular weight is 341 g/mol. The molecule has 3 aromatic rings. The number of hydrogen-bond donors (Lipinski definition) is 0. The number of oxime groups is 1. The highest BCUT2D eigenvalue weighted by Crippen LogP contribution is 2.36. The van der Waals surface area contributed by atoms with E-state index in [1.165, 1.54) is 22.3 Å². The van der Waals surface area contributed by atoms with Crippen molar-refractivity contribution in [2.45, 2.75) is 20.3 Å². The molecule has 0 aliphatic heterocycles. The van der Waals surface area contributed by atoms with Gasteiger partial charge in [-0.25, -0.2) is 4.79 Å². The van der Waals surface area contributed by atoms with Gasteiger partial charge in [-0.15, -0.1) is 0 Å². The summed E-state index contributed by atoms with van der Waals surface area (Å²) in [6.45, 7) is 3.83. The van der Waals surface area contributed by atoms with E-state index in [0.29, 0.717) is 11.3 Å². The third-order valence-electron chi connectivity index (χ3n) is 4.76. The number of hydrogen-bond acceptors (Lipinski definition) is 3. The summed E-state index contributed by atoms with van der Waals surface area (Å²) in [5.41, 5.74) is 8.45. The number of rotatable bonds is 3. The van der Waals surface area contributed by atoms with Crippen LogP contribution in [0, 0.1) is 6.92 Å². The number of benzene rings is 3. The maximum absolute atomic E-state index is 12.1. The minimum atomic E-state index is -0.446. The summed E-state index contributed by atoms with van der Waals surface area (Å²) in [6, 6.07) is 22.0. The largest absolute Gasteiger partial charge is 0.365 e. The van der Waals surface area contributed by atoms with Gasteiger partial charge in [0.1, 0.15) is 0 Å². The third-order valence-corrected chi connectivity index (χ3v) is 4.76. The molecule has 0 saturated heterocycles. The SMILES string of the molecule is C/C(=N/OC(=O)c1ccc(C)cc1)c1ccc2c(c1)Cc1ccccc1-2. The molecule has 0 heterocycles. The van der Waals surface area contributed by atoms with Crippen LogP contribution in [0.15, 0.2) is 71.9 Å². The van der Waals surface area contributed by atoms with Gasteiger partial charge >= 0.3 is 5.97 Å². The number of carbonyl (C=O) groups is 1. The van der Waals surface area contributed by atoms with Crippen LogP contribution in [0.1, 0.15) is 39.5 Å². The van der Waals surface area contributed by atoms with Crippen LogP contribution >= 0.6 is 0 Å². The molecule has 4 rings (SSSR count). The first kappa shape index (κ1) is 16.3. The molecule has 0 radical (unpaired) electrons. The second kappa shape index (κ2) is 6.60. The number of carbonyl (C=O) groups excluding carboxylic acids is 1. The zero-order valence-corrected chi connectivity index (χ0v) is 14.8. The molecule has 0 unspecified atom stereocenters. The second-order valence-corrected chi connectivity index (χ2v) is 6.63. The lowest BCUT2D eigenvalue weighted by molar-refractivity contribution is 0.0516. The molecule has 0 spiro atoms. The van der Waals surface area contributed by atoms with Crippen molar-refractivity contribution >= 4 is 11.7 Å². The maximum atomic E-state index is 12.1. The van der Waals surface area contributed by atoms with Crippen molar-refractivity contribution in [3.63, 3.8) is 0 Å². The van der Waals surface area contributed by atoms with Gasteiger partial charge in [0.05, 0.1) is 11.3 Å². The smallest absolute Gasteiger partial charge is 0.313 e. The third kappa shape index (κ3) is 3.04. The van der Waals surface area contributed by atoms with E-state index in [2.05, 4.69) is 41.6 Å². The van der Waals surface area contributed by atoms with E-state index < -0.39 is 5.97 Å². The topological polar surface area (TPSA) is 38.7 Å². The Kier molecular flexibility index (Phi) is 4.13. The zero-order chi connectivity index (χ0) is 18.1. The van der Waals surface area contributed by atoms with Gasteiger partial charge in [0.25, 0.3) is 0 Å². The van der Waals surface area contributed by atoms with Gasteiger partial charge in [-0.1, -0.05) is 59.3 Å². The van der Waals surface area contributed by atoms with Gasteiger partial charge in [-0.2, -0.15) is 0 Å². The monoisotopic (exact) mass is 341 g/mol. The molecular formula is C23H19NO2. The lowest BCUT2D eigenvalue weighted by Gasteiger charge is -2.05. The van der Waals surface area contributed by atoms with E-state index in [4.69, 9.17) is 4.84 Å². The van der Waals surface area contributed by atoms with Gasteiger partial charge < -0.3 is 4.84 Å². The Bertz CT molecular complexity index is 1020. The normalized spacial score (nSPS) is 12.5. The van der Waals surface area contributed by atoms with Crippen molar-refractivity contribution in [2.75, 3.05) is 0 Å². The lowest BCUT2D eigenvalue weighted by atomic mass is 10.0. The average Bonchev–Trinajstić information content (AvgIpc) is 3.04. The molecule has 3 aromatic carbocycles. The van der Waals surface area contributed by atoms with Crippen LogP contribution in [0.5, 0.6) is 0 Å². The van der Waals surface area contributed by atoms with E-state index in [-0.39, 0.29) is 0 Å². The Balaban J connectivity index is 1.53. The summed E-state index contributed by atoms with van der Waals surface area (Å²) in [4.78, 5) is 17.2. The molecule has 1 aliphatic rings. The molecule has 0 fully saturated rings. The Morgan fingerprint density at radius 2 is 1.58 bits per heavy atom. The van der Waals surface area contributed by atoms with Gasteiger partial charge in [0.15, 0.2) is 0 Å². The molecule has 0 atom stereocenters. The number of aryl methyl sites for hydroxylation is 1. The van der Waals surface area contributed by atoms with Crippen molar-refractivity contribution in [1.82, 2.24) is 0 Å². The van der Waals surface area contributed by atoms with Crippen LogP contribution in [-0.4, -0.2) is 11.7 Å². The van der Waals surface area contributed by atoms with Crippen LogP contribution in [0.2, 0.25) is 0 Å². The van der Waals surface area contributed by atoms with Crippen LogP contribution in [0.25, 0.3) is 11.1 Å². The molecular weight excluding hydrogens is 322 g/mol. The molecule has 0 amide bonds. The van der Waals surface area contributed by atoms with Gasteiger partial charge in [-0.3, -0.25) is 0 Å². The molecule has 0 bridgehead atoms. The number of fused-ring (bicyclic) bond motifs is 3. The van der Waals surface area contributed by atoms with Crippen molar-refractivity contribution in [3.05, 3.63) is 94.5 Å². The fourth-order valence-corrected chi connectivity index (χ4v) is 3.28. The first-order valence-electron chi connectivity index (χ1n) is 8.66. The van der Waals surface area contributed by atoms with E-state index in [1.54, 1.807) is 12.1 Å². The number of nitrogens with zero attached hydrogens (tertiary/aromatic N) is 1. The van der Waals surface area contributed by atoms with Crippen molar-refractivity contribution in [1.29, 1.82) is 0 Å². The van der Waals surface area contributed by atoms with Crippen LogP contribution in [0.4, 0.5) is 0 Å². The molecule has 0 N–H and O–H groups in total. The molecule has 0 saturated carbocycles. The van der Waals surface area contributed by atoms with Gasteiger partial charge in [-0.05, 0) is 66.3 Å². The van der Waals surface area contributed by atoms with E-state index in [9.17, 15) is 4.79 Å². The van der Waals surface area contributed by atoms with Crippen LogP contribution in [-0.2, 0) is 11.3 Å². The lowest BCUT2D eigenvalue weighted by Crippen LogP contribution is -2.04. The fraction of sp³-hybridized carbons (Fsp3) is 0.130. The standard InChI is InChI=1S/C23H19NO2/c1-15-7-9-17(10-8-15)23(25)26-24-16(2)18-11-12-22-20(13-18)14-19-5-3-4-6-21(19)22/h3-13H,14H2,1-2H3/b24-16-. The van der Waals surface area contributed by atoms with Crippen LogP contribution < -0.4 is 0 Å². The molecule has 26 heavy (non-hydrogen) atoms. The summed E-state index contributed by atoms with van der Waals surface area (Å²) < 4.78 is 0. The Morgan fingerprint density at radius 3 is 2.38 bits per heavy atom. The highest BCUT2D eigenvalue weighted by atomic mass is 16.7. The summed E-state index contributed by atoms with van der Waals surface area (Å²) in [5.74, 6) is -0.446. The highest BCUT2D eigenvalue weighted by molar-refractivity contribution is 6.00.